The Morgan fingerprint density at radius 3 is 2.68 bits per heavy atom. The lowest BCUT2D eigenvalue weighted by molar-refractivity contribution is -0.130. The van der Waals surface area contributed by atoms with Crippen LogP contribution in [-0.2, 0) is 4.79 Å². The van der Waals surface area contributed by atoms with Gasteiger partial charge in [0.15, 0.2) is 0 Å². The van der Waals surface area contributed by atoms with Crippen molar-refractivity contribution in [3.05, 3.63) is 18.5 Å². The Kier molecular flexibility index (Phi) is 4.15. The summed E-state index contributed by atoms with van der Waals surface area (Å²) in [6.45, 7) is 2.85. The number of aliphatic hydroxyl groups is 1. The summed E-state index contributed by atoms with van der Waals surface area (Å²) in [5.41, 5.74) is 0. The third-order valence-corrected chi connectivity index (χ3v) is 5.95. The number of urea groups is 1. The molecule has 136 valence electrons. The lowest BCUT2D eigenvalue weighted by Crippen LogP contribution is -2.41. The van der Waals surface area contributed by atoms with Crippen LogP contribution in [0.25, 0.3) is 0 Å². The molecule has 0 unspecified atom stereocenters. The number of amides is 3. The van der Waals surface area contributed by atoms with E-state index in [0.29, 0.717) is 44.4 Å². The maximum absolute atomic E-state index is 12.6. The van der Waals surface area contributed by atoms with E-state index in [1.165, 1.54) is 0 Å². The van der Waals surface area contributed by atoms with Gasteiger partial charge in [-0.1, -0.05) is 0 Å². The first kappa shape index (κ1) is 16.4. The first-order valence-electron chi connectivity index (χ1n) is 8.98. The molecule has 1 aromatic rings. The fourth-order valence-corrected chi connectivity index (χ4v) is 4.49. The summed E-state index contributed by atoms with van der Waals surface area (Å²) in [6.07, 6.45) is 4.73. The molecule has 0 bridgehead atoms. The quantitative estimate of drug-likeness (QED) is 0.836. The highest BCUT2D eigenvalue weighted by Crippen LogP contribution is 2.41. The van der Waals surface area contributed by atoms with Crippen molar-refractivity contribution in [2.24, 2.45) is 11.8 Å². The van der Waals surface area contributed by atoms with Gasteiger partial charge in [0.2, 0.25) is 5.91 Å². The minimum atomic E-state index is -0.426. The summed E-state index contributed by atoms with van der Waals surface area (Å²) in [5, 5.41) is 14.8. The average Bonchev–Trinajstić information content (AvgIpc) is 3.30. The summed E-state index contributed by atoms with van der Waals surface area (Å²) in [4.78, 5) is 29.7. The van der Waals surface area contributed by atoms with Crippen LogP contribution >= 0.6 is 0 Å². The van der Waals surface area contributed by atoms with Crippen molar-refractivity contribution in [2.75, 3.05) is 39.8 Å². The van der Waals surface area contributed by atoms with Crippen LogP contribution in [0.4, 0.5) is 4.79 Å². The smallest absolute Gasteiger partial charge is 0.320 e. The number of hydrogen-bond donors (Lipinski definition) is 1. The minimum absolute atomic E-state index is 0.0138. The Morgan fingerprint density at radius 2 is 2.04 bits per heavy atom. The Hall–Kier alpha value is -2.09. The molecule has 3 aliphatic rings. The zero-order valence-corrected chi connectivity index (χ0v) is 14.5. The Labute approximate surface area is 147 Å². The van der Waals surface area contributed by atoms with E-state index in [1.54, 1.807) is 23.0 Å². The highest BCUT2D eigenvalue weighted by Gasteiger charge is 2.44. The fraction of sp³-hybridized carbons (Fsp3) is 0.706. The van der Waals surface area contributed by atoms with Crippen LogP contribution in [0, 0.1) is 11.8 Å². The van der Waals surface area contributed by atoms with Crippen molar-refractivity contribution in [1.29, 1.82) is 0 Å². The number of nitrogens with zero attached hydrogens (tertiary/aromatic N) is 5. The zero-order chi connectivity index (χ0) is 17.6. The normalized spacial score (nSPS) is 32.4. The lowest BCUT2D eigenvalue weighted by Gasteiger charge is -2.35. The molecule has 0 radical (unpaired) electrons. The van der Waals surface area contributed by atoms with Crippen molar-refractivity contribution >= 4 is 11.9 Å². The summed E-state index contributed by atoms with van der Waals surface area (Å²) >= 11 is 0. The maximum Gasteiger partial charge on any atom is 0.320 e. The van der Waals surface area contributed by atoms with Gasteiger partial charge in [-0.25, -0.2) is 4.79 Å². The molecule has 3 amide bonds. The Balaban J connectivity index is 1.38. The Bertz CT molecular complexity index is 649. The summed E-state index contributed by atoms with van der Waals surface area (Å²) in [7, 11) is 1.76. The SMILES string of the molecule is CN1CCN(CC(=O)N2C[C@H]3C[C@@H](n4cccn4)[C@H](O)C[C@H]3C2)C1=O. The van der Waals surface area contributed by atoms with E-state index in [2.05, 4.69) is 5.10 Å². The minimum Gasteiger partial charge on any atom is -0.391 e. The van der Waals surface area contributed by atoms with Gasteiger partial charge >= 0.3 is 6.03 Å². The van der Waals surface area contributed by atoms with Crippen LogP contribution in [0.15, 0.2) is 18.5 Å². The Morgan fingerprint density at radius 1 is 1.28 bits per heavy atom. The molecule has 0 aromatic carbocycles. The van der Waals surface area contributed by atoms with Gasteiger partial charge < -0.3 is 19.8 Å². The molecular formula is C17H25N5O3. The molecule has 8 heteroatoms. The number of likely N-dealkylation sites (tertiary alicyclic amines) is 1. The number of aromatic nitrogens is 2. The van der Waals surface area contributed by atoms with Crippen LogP contribution in [0.3, 0.4) is 0 Å². The molecule has 2 saturated heterocycles. The molecule has 4 rings (SSSR count). The van der Waals surface area contributed by atoms with E-state index in [1.807, 2.05) is 21.8 Å². The van der Waals surface area contributed by atoms with Crippen molar-refractivity contribution in [3.8, 4) is 0 Å². The van der Waals surface area contributed by atoms with Crippen LogP contribution in [0.5, 0.6) is 0 Å². The number of carbonyl (C=O) groups is 2. The van der Waals surface area contributed by atoms with E-state index in [-0.39, 0.29) is 24.5 Å². The highest BCUT2D eigenvalue weighted by molar-refractivity contribution is 5.85. The second-order valence-corrected chi connectivity index (χ2v) is 7.54. The number of likely N-dealkylation sites (N-methyl/N-ethyl adjacent to an activating group) is 1. The third kappa shape index (κ3) is 2.99. The number of hydrogen-bond acceptors (Lipinski definition) is 4. The van der Waals surface area contributed by atoms with Crippen LogP contribution in [0.1, 0.15) is 18.9 Å². The van der Waals surface area contributed by atoms with Gasteiger partial charge in [0, 0.05) is 45.6 Å². The number of aliphatic hydroxyl groups excluding tert-OH is 1. The van der Waals surface area contributed by atoms with Gasteiger partial charge in [0.05, 0.1) is 12.1 Å². The molecule has 25 heavy (non-hydrogen) atoms. The van der Waals surface area contributed by atoms with Crippen molar-refractivity contribution < 1.29 is 14.7 Å². The second kappa shape index (κ2) is 6.33. The molecule has 1 aromatic heterocycles. The molecule has 1 saturated carbocycles. The standard InChI is InChI=1S/C17H25N5O3/c1-19-5-6-20(17(19)25)11-16(24)21-9-12-7-14(22-4-2-3-18-22)15(23)8-13(12)10-21/h2-4,12-15,23H,5-11H2,1H3/t12-,13+,14-,15-/m1/s1. The molecule has 3 heterocycles. The molecule has 1 N–H and O–H groups in total. The second-order valence-electron chi connectivity index (χ2n) is 7.54. The molecule has 4 atom stereocenters. The van der Waals surface area contributed by atoms with Crippen molar-refractivity contribution in [3.63, 3.8) is 0 Å². The fourth-order valence-electron chi connectivity index (χ4n) is 4.49. The first-order chi connectivity index (χ1) is 12.0. The van der Waals surface area contributed by atoms with Gasteiger partial charge in [0.1, 0.15) is 6.54 Å². The molecule has 3 fully saturated rings. The van der Waals surface area contributed by atoms with E-state index in [9.17, 15) is 14.7 Å². The zero-order valence-electron chi connectivity index (χ0n) is 14.5. The van der Waals surface area contributed by atoms with Gasteiger partial charge in [-0.2, -0.15) is 5.10 Å². The van der Waals surface area contributed by atoms with Gasteiger partial charge in [0.25, 0.3) is 0 Å². The van der Waals surface area contributed by atoms with Crippen molar-refractivity contribution in [1.82, 2.24) is 24.5 Å². The topological polar surface area (TPSA) is 81.9 Å². The van der Waals surface area contributed by atoms with Gasteiger partial charge in [-0.05, 0) is 30.7 Å². The van der Waals surface area contributed by atoms with Gasteiger partial charge in [-0.3, -0.25) is 9.48 Å². The summed E-state index contributed by atoms with van der Waals surface area (Å²) in [6, 6.07) is 1.78. The number of rotatable bonds is 3. The van der Waals surface area contributed by atoms with E-state index in [0.717, 1.165) is 6.42 Å². The largest absolute Gasteiger partial charge is 0.391 e. The van der Waals surface area contributed by atoms with Crippen molar-refractivity contribution in [2.45, 2.75) is 25.0 Å². The third-order valence-electron chi connectivity index (χ3n) is 5.95. The monoisotopic (exact) mass is 347 g/mol. The number of fused-ring (bicyclic) bond motifs is 1. The molecule has 1 aliphatic carbocycles. The van der Waals surface area contributed by atoms with E-state index >= 15 is 0 Å². The predicted octanol–water partition coefficient (Wildman–Crippen LogP) is 0.0209. The number of carbonyl (C=O) groups excluding carboxylic acids is 2. The van der Waals surface area contributed by atoms with Crippen LogP contribution in [0.2, 0.25) is 0 Å². The van der Waals surface area contributed by atoms with E-state index in [4.69, 9.17) is 0 Å². The summed E-state index contributed by atoms with van der Waals surface area (Å²) in [5.74, 6) is 0.740. The average molecular weight is 347 g/mol. The maximum atomic E-state index is 12.6. The lowest BCUT2D eigenvalue weighted by atomic mass is 9.77. The predicted molar refractivity (Wildman–Crippen MR) is 89.7 cm³/mol. The first-order valence-corrected chi connectivity index (χ1v) is 8.98. The van der Waals surface area contributed by atoms with E-state index < -0.39 is 6.10 Å². The highest BCUT2D eigenvalue weighted by atomic mass is 16.3. The summed E-state index contributed by atoms with van der Waals surface area (Å²) < 4.78 is 1.84. The molecule has 2 aliphatic heterocycles. The van der Waals surface area contributed by atoms with Gasteiger partial charge in [-0.15, -0.1) is 0 Å². The molecule has 0 spiro atoms. The van der Waals surface area contributed by atoms with Crippen LogP contribution in [-0.4, -0.2) is 87.4 Å². The molecular weight excluding hydrogens is 322 g/mol. The molecule has 8 nitrogen and oxygen atoms in total. The van der Waals surface area contributed by atoms with Crippen LogP contribution < -0.4 is 0 Å².